The van der Waals surface area contributed by atoms with Crippen molar-refractivity contribution in [3.8, 4) is 0 Å². The third kappa shape index (κ3) is 4.42. The minimum Gasteiger partial charge on any atom is -0.367 e. The summed E-state index contributed by atoms with van der Waals surface area (Å²) in [6.07, 6.45) is 2.93. The Morgan fingerprint density at radius 1 is 1.18 bits per heavy atom. The first-order chi connectivity index (χ1) is 13.6. The molecule has 5 nitrogen and oxygen atoms in total. The van der Waals surface area contributed by atoms with Crippen molar-refractivity contribution < 1.29 is 9.18 Å². The van der Waals surface area contributed by atoms with Crippen molar-refractivity contribution in [2.24, 2.45) is 0 Å². The van der Waals surface area contributed by atoms with Crippen LogP contribution >= 0.6 is 11.8 Å². The van der Waals surface area contributed by atoms with Gasteiger partial charge in [-0.05, 0) is 55.7 Å². The number of carbonyl (C=O) groups excluding carboxylic acids is 1. The molecule has 1 fully saturated rings. The fourth-order valence-electron chi connectivity index (χ4n) is 2.84. The van der Waals surface area contributed by atoms with Gasteiger partial charge in [-0.15, -0.1) is 0 Å². The molecule has 1 aromatic heterocycles. The highest BCUT2D eigenvalue weighted by molar-refractivity contribution is 8.00. The van der Waals surface area contributed by atoms with Gasteiger partial charge in [0.15, 0.2) is 5.16 Å². The molecule has 2 N–H and O–H groups in total. The van der Waals surface area contributed by atoms with Gasteiger partial charge in [-0.25, -0.2) is 14.4 Å². The number of nitrogens with one attached hydrogen (secondary N) is 2. The summed E-state index contributed by atoms with van der Waals surface area (Å²) in [6, 6.07) is 14.1. The number of hydrogen-bond donors (Lipinski definition) is 2. The molecule has 0 bridgehead atoms. The van der Waals surface area contributed by atoms with Crippen LogP contribution < -0.4 is 10.6 Å². The number of benzene rings is 2. The molecule has 1 amide bonds. The fraction of sp³-hybridized carbons (Fsp3) is 0.286. The van der Waals surface area contributed by atoms with E-state index in [9.17, 15) is 9.18 Å². The minimum absolute atomic E-state index is 0.146. The topological polar surface area (TPSA) is 66.9 Å². The van der Waals surface area contributed by atoms with E-state index in [4.69, 9.17) is 0 Å². The Bertz CT molecular complexity index is 991. The van der Waals surface area contributed by atoms with Gasteiger partial charge in [0.05, 0.1) is 10.8 Å². The monoisotopic (exact) mass is 396 g/mol. The Morgan fingerprint density at radius 2 is 1.93 bits per heavy atom. The standard InChI is InChI=1S/C21H21FN4OS/c1-2-18(20(27)24-15-9-7-13(22)8-10-15)28-21-25-17-6-4-3-5-16(17)19(26-21)23-14-11-12-14/h3-10,14,18H,2,11-12H2,1H3,(H,24,27)(H,23,25,26). The van der Waals surface area contributed by atoms with Crippen LogP contribution in [-0.2, 0) is 4.79 Å². The second-order valence-corrected chi connectivity index (χ2v) is 7.97. The van der Waals surface area contributed by atoms with E-state index >= 15 is 0 Å². The van der Waals surface area contributed by atoms with Gasteiger partial charge in [-0.2, -0.15) is 0 Å². The first-order valence-corrected chi connectivity index (χ1v) is 10.3. The van der Waals surface area contributed by atoms with Gasteiger partial charge < -0.3 is 10.6 Å². The number of fused-ring (bicyclic) bond motifs is 1. The largest absolute Gasteiger partial charge is 0.367 e. The van der Waals surface area contributed by atoms with Crippen LogP contribution in [0.4, 0.5) is 15.9 Å². The number of halogens is 1. The Labute approximate surface area is 167 Å². The van der Waals surface area contributed by atoms with Crippen LogP contribution in [0, 0.1) is 5.82 Å². The third-order valence-electron chi connectivity index (χ3n) is 4.52. The molecule has 0 radical (unpaired) electrons. The zero-order chi connectivity index (χ0) is 19.5. The summed E-state index contributed by atoms with van der Waals surface area (Å²) >= 11 is 1.35. The summed E-state index contributed by atoms with van der Waals surface area (Å²) in [5.74, 6) is 0.344. The normalized spacial score (nSPS) is 14.6. The zero-order valence-corrected chi connectivity index (χ0v) is 16.3. The highest BCUT2D eigenvalue weighted by Gasteiger charge is 2.24. The molecule has 7 heteroatoms. The van der Waals surface area contributed by atoms with Gasteiger partial charge in [-0.3, -0.25) is 4.79 Å². The van der Waals surface area contributed by atoms with Gasteiger partial charge in [0.2, 0.25) is 5.91 Å². The molecule has 144 valence electrons. The molecule has 3 aromatic rings. The highest BCUT2D eigenvalue weighted by Crippen LogP contribution is 2.31. The van der Waals surface area contributed by atoms with Gasteiger partial charge in [0, 0.05) is 17.1 Å². The lowest BCUT2D eigenvalue weighted by Crippen LogP contribution is -2.25. The summed E-state index contributed by atoms with van der Waals surface area (Å²) in [5, 5.41) is 7.51. The molecule has 1 atom stereocenters. The van der Waals surface area contributed by atoms with Crippen molar-refractivity contribution in [1.29, 1.82) is 0 Å². The van der Waals surface area contributed by atoms with E-state index in [1.165, 1.54) is 23.9 Å². The molecule has 0 spiro atoms. The molecule has 2 aromatic carbocycles. The molecule has 1 aliphatic rings. The number of thioether (sulfide) groups is 1. The van der Waals surface area contributed by atoms with E-state index in [1.54, 1.807) is 12.1 Å². The first-order valence-electron chi connectivity index (χ1n) is 9.39. The predicted octanol–water partition coefficient (Wildman–Crippen LogP) is 4.85. The lowest BCUT2D eigenvalue weighted by Gasteiger charge is -2.15. The van der Waals surface area contributed by atoms with Crippen LogP contribution in [0.1, 0.15) is 26.2 Å². The van der Waals surface area contributed by atoms with Crippen molar-refractivity contribution in [3.63, 3.8) is 0 Å². The van der Waals surface area contributed by atoms with Gasteiger partial charge >= 0.3 is 0 Å². The summed E-state index contributed by atoms with van der Waals surface area (Å²) < 4.78 is 13.1. The SMILES string of the molecule is CCC(Sc1nc(NC2CC2)c2ccccc2n1)C(=O)Nc1ccc(F)cc1. The van der Waals surface area contributed by atoms with Crippen molar-refractivity contribution >= 4 is 40.1 Å². The average Bonchev–Trinajstić information content (AvgIpc) is 3.52. The van der Waals surface area contributed by atoms with Gasteiger partial charge in [0.25, 0.3) is 0 Å². The van der Waals surface area contributed by atoms with Crippen molar-refractivity contribution in [1.82, 2.24) is 9.97 Å². The second kappa shape index (κ2) is 8.14. The Balaban J connectivity index is 1.54. The molecule has 1 unspecified atom stereocenters. The average molecular weight is 396 g/mol. The van der Waals surface area contributed by atoms with E-state index in [1.807, 2.05) is 31.2 Å². The lowest BCUT2D eigenvalue weighted by molar-refractivity contribution is -0.115. The van der Waals surface area contributed by atoms with Crippen LogP contribution in [0.5, 0.6) is 0 Å². The number of anilines is 2. The summed E-state index contributed by atoms with van der Waals surface area (Å²) in [7, 11) is 0. The third-order valence-corrected chi connectivity index (χ3v) is 5.75. The summed E-state index contributed by atoms with van der Waals surface area (Å²) in [6.45, 7) is 1.95. The molecule has 1 aliphatic carbocycles. The fourth-order valence-corrected chi connectivity index (χ4v) is 3.73. The predicted molar refractivity (Wildman–Crippen MR) is 111 cm³/mol. The van der Waals surface area contributed by atoms with Crippen LogP contribution in [0.2, 0.25) is 0 Å². The summed E-state index contributed by atoms with van der Waals surface area (Å²) in [5.41, 5.74) is 1.43. The van der Waals surface area contributed by atoms with E-state index in [0.29, 0.717) is 23.3 Å². The summed E-state index contributed by atoms with van der Waals surface area (Å²) in [4.78, 5) is 22.0. The van der Waals surface area contributed by atoms with Gasteiger partial charge in [0.1, 0.15) is 11.6 Å². The number of hydrogen-bond acceptors (Lipinski definition) is 5. The first kappa shape index (κ1) is 18.7. The zero-order valence-electron chi connectivity index (χ0n) is 15.5. The van der Waals surface area contributed by atoms with E-state index in [2.05, 4.69) is 20.6 Å². The Morgan fingerprint density at radius 3 is 2.64 bits per heavy atom. The molecular weight excluding hydrogens is 375 g/mol. The molecular formula is C21H21FN4OS. The highest BCUT2D eigenvalue weighted by atomic mass is 32.2. The van der Waals surface area contributed by atoms with Crippen LogP contribution in [-0.4, -0.2) is 27.2 Å². The Kier molecular flexibility index (Phi) is 5.43. The maximum absolute atomic E-state index is 13.1. The number of carbonyl (C=O) groups is 1. The molecule has 0 saturated heterocycles. The Hall–Kier alpha value is -2.67. The van der Waals surface area contributed by atoms with Crippen molar-refractivity contribution in [2.75, 3.05) is 10.6 Å². The molecule has 0 aliphatic heterocycles. The number of nitrogens with zero attached hydrogens (tertiary/aromatic N) is 2. The number of aromatic nitrogens is 2. The number of rotatable bonds is 7. The number of para-hydroxylation sites is 1. The maximum Gasteiger partial charge on any atom is 0.237 e. The number of amides is 1. The van der Waals surface area contributed by atoms with E-state index in [0.717, 1.165) is 29.6 Å². The quantitative estimate of drug-likeness (QED) is 0.441. The molecule has 4 rings (SSSR count). The van der Waals surface area contributed by atoms with Crippen LogP contribution in [0.3, 0.4) is 0 Å². The van der Waals surface area contributed by atoms with Crippen LogP contribution in [0.25, 0.3) is 10.9 Å². The van der Waals surface area contributed by atoms with Gasteiger partial charge in [-0.1, -0.05) is 30.8 Å². The van der Waals surface area contributed by atoms with Crippen LogP contribution in [0.15, 0.2) is 53.7 Å². The molecule has 1 saturated carbocycles. The molecule has 28 heavy (non-hydrogen) atoms. The van der Waals surface area contributed by atoms with E-state index < -0.39 is 0 Å². The lowest BCUT2D eigenvalue weighted by atomic mass is 10.2. The van der Waals surface area contributed by atoms with Crippen molar-refractivity contribution in [2.45, 2.75) is 42.6 Å². The maximum atomic E-state index is 13.1. The van der Waals surface area contributed by atoms with Crippen molar-refractivity contribution in [3.05, 3.63) is 54.3 Å². The second-order valence-electron chi connectivity index (χ2n) is 6.80. The van der Waals surface area contributed by atoms with E-state index in [-0.39, 0.29) is 17.0 Å². The minimum atomic E-state index is -0.347. The smallest absolute Gasteiger partial charge is 0.237 e. The molecule has 1 heterocycles.